The monoisotopic (exact) mass is 348 g/mol. The van der Waals surface area contributed by atoms with Crippen LogP contribution < -0.4 is 4.74 Å². The third-order valence-electron chi connectivity index (χ3n) is 5.49. The molecule has 0 atom stereocenters. The van der Waals surface area contributed by atoms with E-state index in [2.05, 4.69) is 42.1 Å². The zero-order chi connectivity index (χ0) is 18.1. The second-order valence-corrected chi connectivity index (χ2v) is 7.01. The number of piperidine rings is 1. The standard InChI is InChI=1S/C22H24N2O2/c1-23-15-20(19-5-3-4-6-21(19)23)16-11-13-24(14-12-16)22(25)17-7-9-18(26-2)10-8-17/h3-10,15-16H,11-14H2,1-2H3. The number of para-hydroxylation sites is 1. The van der Waals surface area contributed by atoms with Crippen molar-refractivity contribution in [1.29, 1.82) is 0 Å². The molecular weight excluding hydrogens is 324 g/mol. The normalized spacial score (nSPS) is 15.4. The van der Waals surface area contributed by atoms with Crippen LogP contribution in [-0.4, -0.2) is 35.6 Å². The number of benzene rings is 2. The van der Waals surface area contributed by atoms with Crippen LogP contribution in [0.1, 0.15) is 34.7 Å². The molecule has 0 saturated carbocycles. The molecule has 1 aliphatic rings. The average Bonchev–Trinajstić information content (AvgIpc) is 3.05. The van der Waals surface area contributed by atoms with Gasteiger partial charge in [0.1, 0.15) is 5.75 Å². The van der Waals surface area contributed by atoms with Crippen molar-refractivity contribution in [1.82, 2.24) is 9.47 Å². The van der Waals surface area contributed by atoms with E-state index in [0.717, 1.165) is 37.2 Å². The number of amides is 1. The molecule has 0 unspecified atom stereocenters. The van der Waals surface area contributed by atoms with Crippen molar-refractivity contribution < 1.29 is 9.53 Å². The number of carbonyl (C=O) groups is 1. The number of fused-ring (bicyclic) bond motifs is 1. The molecule has 1 saturated heterocycles. The van der Waals surface area contributed by atoms with E-state index in [0.29, 0.717) is 5.92 Å². The summed E-state index contributed by atoms with van der Waals surface area (Å²) >= 11 is 0. The summed E-state index contributed by atoms with van der Waals surface area (Å²) in [5.41, 5.74) is 3.42. The zero-order valence-electron chi connectivity index (χ0n) is 15.3. The molecule has 0 bridgehead atoms. The molecule has 4 nitrogen and oxygen atoms in total. The van der Waals surface area contributed by atoms with Crippen LogP contribution in [0.2, 0.25) is 0 Å². The molecule has 1 aromatic heterocycles. The van der Waals surface area contributed by atoms with Crippen molar-refractivity contribution in [3.05, 3.63) is 65.9 Å². The lowest BCUT2D eigenvalue weighted by atomic mass is 9.89. The maximum atomic E-state index is 12.7. The fourth-order valence-corrected chi connectivity index (χ4v) is 4.01. The molecule has 1 amide bonds. The van der Waals surface area contributed by atoms with Crippen LogP contribution in [0, 0.1) is 0 Å². The van der Waals surface area contributed by atoms with Gasteiger partial charge < -0.3 is 14.2 Å². The molecule has 134 valence electrons. The highest BCUT2D eigenvalue weighted by Gasteiger charge is 2.26. The van der Waals surface area contributed by atoms with Gasteiger partial charge in [0.2, 0.25) is 0 Å². The van der Waals surface area contributed by atoms with Crippen molar-refractivity contribution in [2.75, 3.05) is 20.2 Å². The molecule has 0 spiro atoms. The Morgan fingerprint density at radius 3 is 2.42 bits per heavy atom. The smallest absolute Gasteiger partial charge is 0.253 e. The van der Waals surface area contributed by atoms with E-state index in [9.17, 15) is 4.79 Å². The maximum Gasteiger partial charge on any atom is 0.253 e. The minimum absolute atomic E-state index is 0.115. The second-order valence-electron chi connectivity index (χ2n) is 7.01. The summed E-state index contributed by atoms with van der Waals surface area (Å²) in [7, 11) is 3.74. The minimum atomic E-state index is 0.115. The maximum absolute atomic E-state index is 12.7. The predicted octanol–water partition coefficient (Wildman–Crippen LogP) is 4.21. The van der Waals surface area contributed by atoms with Gasteiger partial charge in [-0.2, -0.15) is 0 Å². The number of aryl methyl sites for hydroxylation is 1. The Bertz CT molecular complexity index is 919. The van der Waals surface area contributed by atoms with Crippen LogP contribution in [0.3, 0.4) is 0 Å². The van der Waals surface area contributed by atoms with Crippen LogP contribution in [0.5, 0.6) is 5.75 Å². The number of rotatable bonds is 3. The number of aromatic nitrogens is 1. The van der Waals surface area contributed by atoms with Gasteiger partial charge in [-0.15, -0.1) is 0 Å². The molecule has 0 aliphatic carbocycles. The van der Waals surface area contributed by atoms with Gasteiger partial charge in [0, 0.05) is 42.8 Å². The summed E-state index contributed by atoms with van der Waals surface area (Å²) < 4.78 is 7.38. The van der Waals surface area contributed by atoms with Gasteiger partial charge in [-0.05, 0) is 54.7 Å². The molecule has 0 N–H and O–H groups in total. The molecule has 1 aliphatic heterocycles. The Hall–Kier alpha value is -2.75. The number of hydrogen-bond acceptors (Lipinski definition) is 2. The van der Waals surface area contributed by atoms with Gasteiger partial charge in [-0.25, -0.2) is 0 Å². The summed E-state index contributed by atoms with van der Waals surface area (Å²) in [6.07, 6.45) is 4.28. The van der Waals surface area contributed by atoms with Crippen LogP contribution in [-0.2, 0) is 7.05 Å². The topological polar surface area (TPSA) is 34.5 Å². The van der Waals surface area contributed by atoms with Crippen LogP contribution in [0.15, 0.2) is 54.7 Å². The van der Waals surface area contributed by atoms with E-state index in [1.165, 1.54) is 16.5 Å². The van der Waals surface area contributed by atoms with Crippen molar-refractivity contribution >= 4 is 16.8 Å². The Morgan fingerprint density at radius 2 is 1.73 bits per heavy atom. The fraction of sp³-hybridized carbons (Fsp3) is 0.318. The largest absolute Gasteiger partial charge is 0.497 e. The predicted molar refractivity (Wildman–Crippen MR) is 104 cm³/mol. The molecule has 4 rings (SSSR count). The molecule has 0 radical (unpaired) electrons. The number of likely N-dealkylation sites (tertiary alicyclic amines) is 1. The van der Waals surface area contributed by atoms with Crippen LogP contribution >= 0.6 is 0 Å². The molecule has 26 heavy (non-hydrogen) atoms. The first kappa shape index (κ1) is 16.7. The SMILES string of the molecule is COc1ccc(C(=O)N2CCC(c3cn(C)c4ccccc34)CC2)cc1. The number of hydrogen-bond donors (Lipinski definition) is 0. The fourth-order valence-electron chi connectivity index (χ4n) is 4.01. The van der Waals surface area contributed by atoms with Crippen molar-refractivity contribution in [2.24, 2.45) is 7.05 Å². The molecule has 2 aromatic carbocycles. The van der Waals surface area contributed by atoms with Gasteiger partial charge in [0.15, 0.2) is 0 Å². The van der Waals surface area contributed by atoms with E-state index in [-0.39, 0.29) is 5.91 Å². The first-order valence-electron chi connectivity index (χ1n) is 9.14. The Morgan fingerprint density at radius 1 is 1.04 bits per heavy atom. The summed E-state index contributed by atoms with van der Waals surface area (Å²) in [6.45, 7) is 1.61. The number of carbonyl (C=O) groups excluding carboxylic acids is 1. The van der Waals surface area contributed by atoms with Crippen molar-refractivity contribution in [3.63, 3.8) is 0 Å². The summed E-state index contributed by atoms with van der Waals surface area (Å²) in [4.78, 5) is 14.7. The highest BCUT2D eigenvalue weighted by molar-refractivity contribution is 5.94. The molecule has 4 heteroatoms. The minimum Gasteiger partial charge on any atom is -0.497 e. The van der Waals surface area contributed by atoms with E-state index >= 15 is 0 Å². The first-order chi connectivity index (χ1) is 12.7. The van der Waals surface area contributed by atoms with E-state index < -0.39 is 0 Å². The van der Waals surface area contributed by atoms with E-state index in [1.54, 1.807) is 7.11 Å². The van der Waals surface area contributed by atoms with Crippen molar-refractivity contribution in [3.8, 4) is 5.75 Å². The average molecular weight is 348 g/mol. The Kier molecular flexibility index (Phi) is 4.41. The summed E-state index contributed by atoms with van der Waals surface area (Å²) in [5, 5.41) is 1.34. The summed E-state index contributed by atoms with van der Waals surface area (Å²) in [6, 6.07) is 15.9. The van der Waals surface area contributed by atoms with Gasteiger partial charge in [-0.3, -0.25) is 4.79 Å². The molecule has 2 heterocycles. The lowest BCUT2D eigenvalue weighted by molar-refractivity contribution is 0.0713. The van der Waals surface area contributed by atoms with E-state index in [4.69, 9.17) is 4.74 Å². The van der Waals surface area contributed by atoms with Gasteiger partial charge in [0.05, 0.1) is 7.11 Å². The van der Waals surface area contributed by atoms with Gasteiger partial charge in [-0.1, -0.05) is 18.2 Å². The quantitative estimate of drug-likeness (QED) is 0.711. The lowest BCUT2D eigenvalue weighted by Crippen LogP contribution is -2.37. The third kappa shape index (κ3) is 2.96. The number of nitrogens with zero attached hydrogens (tertiary/aromatic N) is 2. The first-order valence-corrected chi connectivity index (χ1v) is 9.14. The Labute approximate surface area is 154 Å². The highest BCUT2D eigenvalue weighted by Crippen LogP contribution is 2.34. The van der Waals surface area contributed by atoms with E-state index in [1.807, 2.05) is 29.2 Å². The summed E-state index contributed by atoms with van der Waals surface area (Å²) in [5.74, 6) is 1.40. The lowest BCUT2D eigenvalue weighted by Gasteiger charge is -2.32. The van der Waals surface area contributed by atoms with Gasteiger partial charge >= 0.3 is 0 Å². The number of ether oxygens (including phenoxy) is 1. The van der Waals surface area contributed by atoms with Crippen LogP contribution in [0.25, 0.3) is 10.9 Å². The molecule has 1 fully saturated rings. The van der Waals surface area contributed by atoms with Crippen LogP contribution in [0.4, 0.5) is 0 Å². The number of methoxy groups -OCH3 is 1. The molecule has 3 aromatic rings. The zero-order valence-corrected chi connectivity index (χ0v) is 15.3. The highest BCUT2D eigenvalue weighted by atomic mass is 16.5. The third-order valence-corrected chi connectivity index (χ3v) is 5.49. The van der Waals surface area contributed by atoms with Crippen molar-refractivity contribution in [2.45, 2.75) is 18.8 Å². The van der Waals surface area contributed by atoms with Gasteiger partial charge in [0.25, 0.3) is 5.91 Å². The Balaban J connectivity index is 1.47. The second kappa shape index (κ2) is 6.87. The molecular formula is C22H24N2O2.